The highest BCUT2D eigenvalue weighted by atomic mass is 16.3. The van der Waals surface area contributed by atoms with Gasteiger partial charge in [0.1, 0.15) is 0 Å². The van der Waals surface area contributed by atoms with Gasteiger partial charge in [-0.15, -0.1) is 0 Å². The van der Waals surface area contributed by atoms with Crippen molar-refractivity contribution >= 4 is 0 Å². The maximum absolute atomic E-state index is 10.6. The second kappa shape index (κ2) is 5.80. The van der Waals surface area contributed by atoms with Gasteiger partial charge in [-0.1, -0.05) is 60.7 Å². The predicted octanol–water partition coefficient (Wildman–Crippen LogP) is 3.02. The molecule has 0 bridgehead atoms. The highest BCUT2D eigenvalue weighted by Crippen LogP contribution is 2.32. The molecule has 0 saturated heterocycles. The number of likely N-dealkylation sites (N-methyl/N-ethyl adjacent to an activating group) is 1. The first kappa shape index (κ1) is 12.8. The molecule has 0 spiro atoms. The Balaban J connectivity index is 2.32. The number of hydrogen-bond donors (Lipinski definition) is 1. The van der Waals surface area contributed by atoms with Crippen LogP contribution in [0.4, 0.5) is 0 Å². The molecule has 0 aliphatic rings. The van der Waals surface area contributed by atoms with Crippen LogP contribution in [0.3, 0.4) is 0 Å². The highest BCUT2D eigenvalue weighted by Gasteiger charge is 2.24. The molecule has 0 fully saturated rings. The summed E-state index contributed by atoms with van der Waals surface area (Å²) in [4.78, 5) is 2.05. The molecular weight excluding hydrogens is 222 g/mol. The molecule has 2 aromatic carbocycles. The molecule has 94 valence electrons. The summed E-state index contributed by atoms with van der Waals surface area (Å²) in [6.45, 7) is 0. The lowest BCUT2D eigenvalue weighted by Gasteiger charge is -2.29. The number of nitrogens with zero attached hydrogens (tertiary/aromatic N) is 1. The molecule has 0 heterocycles. The van der Waals surface area contributed by atoms with Gasteiger partial charge in [0.05, 0.1) is 12.1 Å². The number of hydrogen-bond acceptors (Lipinski definition) is 2. The molecular formula is C16H19NO. The van der Waals surface area contributed by atoms with E-state index in [9.17, 15) is 5.11 Å². The predicted molar refractivity (Wildman–Crippen MR) is 74.3 cm³/mol. The Labute approximate surface area is 109 Å². The van der Waals surface area contributed by atoms with E-state index in [-0.39, 0.29) is 6.04 Å². The zero-order valence-electron chi connectivity index (χ0n) is 10.8. The molecule has 0 aliphatic carbocycles. The largest absolute Gasteiger partial charge is 0.386 e. The van der Waals surface area contributed by atoms with Crippen LogP contribution >= 0.6 is 0 Å². The Hall–Kier alpha value is -1.64. The minimum Gasteiger partial charge on any atom is -0.386 e. The van der Waals surface area contributed by atoms with E-state index >= 15 is 0 Å². The molecule has 2 rings (SSSR count). The van der Waals surface area contributed by atoms with Crippen LogP contribution in [-0.2, 0) is 0 Å². The topological polar surface area (TPSA) is 23.5 Å². The van der Waals surface area contributed by atoms with E-state index in [2.05, 4.69) is 12.1 Å². The van der Waals surface area contributed by atoms with E-state index in [0.29, 0.717) is 0 Å². The van der Waals surface area contributed by atoms with Gasteiger partial charge in [0.15, 0.2) is 0 Å². The van der Waals surface area contributed by atoms with Crippen LogP contribution in [0.25, 0.3) is 0 Å². The molecule has 0 saturated carbocycles. The van der Waals surface area contributed by atoms with Crippen molar-refractivity contribution < 1.29 is 5.11 Å². The monoisotopic (exact) mass is 241 g/mol. The number of aliphatic hydroxyl groups excluding tert-OH is 1. The highest BCUT2D eigenvalue weighted by molar-refractivity contribution is 5.26. The van der Waals surface area contributed by atoms with Crippen molar-refractivity contribution in [2.45, 2.75) is 12.1 Å². The standard InChI is InChI=1S/C16H19NO/c1-17(2)15(13-9-5-3-6-10-13)16(18)14-11-7-4-8-12-14/h3-12,15-16,18H,1-2H3/t15-,16-/m1/s1. The minimum absolute atomic E-state index is 0.0337. The van der Waals surface area contributed by atoms with Crippen LogP contribution in [0.2, 0.25) is 0 Å². The fourth-order valence-corrected chi connectivity index (χ4v) is 2.25. The summed E-state index contributed by atoms with van der Waals surface area (Å²) >= 11 is 0. The average Bonchev–Trinajstić information content (AvgIpc) is 2.40. The first-order valence-corrected chi connectivity index (χ1v) is 6.14. The Kier molecular flexibility index (Phi) is 4.13. The molecule has 0 aromatic heterocycles. The summed E-state index contributed by atoms with van der Waals surface area (Å²) in [5.74, 6) is 0. The SMILES string of the molecule is CN(C)[C@H](c1ccccc1)[C@H](O)c1ccccc1. The van der Waals surface area contributed by atoms with Crippen LogP contribution in [-0.4, -0.2) is 24.1 Å². The second-order valence-electron chi connectivity index (χ2n) is 4.67. The van der Waals surface area contributed by atoms with E-state index in [1.807, 2.05) is 67.5 Å². The van der Waals surface area contributed by atoms with Crippen molar-refractivity contribution in [3.05, 3.63) is 71.8 Å². The maximum Gasteiger partial charge on any atom is 0.0986 e. The van der Waals surface area contributed by atoms with E-state index in [1.165, 1.54) is 0 Å². The molecule has 0 aliphatic heterocycles. The third-order valence-corrected chi connectivity index (χ3v) is 3.14. The summed E-state index contributed by atoms with van der Waals surface area (Å²) in [6, 6.07) is 19.9. The van der Waals surface area contributed by atoms with Crippen molar-refractivity contribution in [1.29, 1.82) is 0 Å². The molecule has 0 unspecified atom stereocenters. The molecule has 2 aromatic rings. The molecule has 2 atom stereocenters. The minimum atomic E-state index is -0.524. The molecule has 0 amide bonds. The Morgan fingerprint density at radius 2 is 1.22 bits per heavy atom. The van der Waals surface area contributed by atoms with Crippen molar-refractivity contribution in [2.24, 2.45) is 0 Å². The van der Waals surface area contributed by atoms with E-state index in [0.717, 1.165) is 11.1 Å². The van der Waals surface area contributed by atoms with Gasteiger partial charge in [-0.3, -0.25) is 4.90 Å². The molecule has 1 N–H and O–H groups in total. The van der Waals surface area contributed by atoms with E-state index < -0.39 is 6.10 Å². The summed E-state index contributed by atoms with van der Waals surface area (Å²) < 4.78 is 0. The quantitative estimate of drug-likeness (QED) is 0.889. The number of benzene rings is 2. The van der Waals surface area contributed by atoms with Crippen LogP contribution in [0, 0.1) is 0 Å². The van der Waals surface area contributed by atoms with Crippen LogP contribution < -0.4 is 0 Å². The van der Waals surface area contributed by atoms with Gasteiger partial charge < -0.3 is 5.11 Å². The third kappa shape index (κ3) is 2.78. The number of aliphatic hydroxyl groups is 1. The van der Waals surface area contributed by atoms with Crippen molar-refractivity contribution in [3.63, 3.8) is 0 Å². The van der Waals surface area contributed by atoms with Gasteiger partial charge in [-0.05, 0) is 25.2 Å². The lowest BCUT2D eigenvalue weighted by Crippen LogP contribution is -2.26. The Morgan fingerprint density at radius 1 is 0.778 bits per heavy atom. The fraction of sp³-hybridized carbons (Fsp3) is 0.250. The van der Waals surface area contributed by atoms with Crippen LogP contribution in [0.15, 0.2) is 60.7 Å². The summed E-state index contributed by atoms with van der Waals surface area (Å²) in [5, 5.41) is 10.6. The molecule has 2 heteroatoms. The molecule has 18 heavy (non-hydrogen) atoms. The summed E-state index contributed by atoms with van der Waals surface area (Å²) in [6.07, 6.45) is -0.524. The van der Waals surface area contributed by atoms with Crippen molar-refractivity contribution in [3.8, 4) is 0 Å². The van der Waals surface area contributed by atoms with Crippen LogP contribution in [0.1, 0.15) is 23.3 Å². The van der Waals surface area contributed by atoms with Gasteiger partial charge in [0.2, 0.25) is 0 Å². The maximum atomic E-state index is 10.6. The molecule has 2 nitrogen and oxygen atoms in total. The first-order chi connectivity index (χ1) is 8.70. The lowest BCUT2D eigenvalue weighted by atomic mass is 9.95. The summed E-state index contributed by atoms with van der Waals surface area (Å²) in [5.41, 5.74) is 2.07. The van der Waals surface area contributed by atoms with Crippen molar-refractivity contribution in [2.75, 3.05) is 14.1 Å². The zero-order valence-corrected chi connectivity index (χ0v) is 10.8. The smallest absolute Gasteiger partial charge is 0.0986 e. The van der Waals surface area contributed by atoms with Gasteiger partial charge in [0, 0.05) is 0 Å². The first-order valence-electron chi connectivity index (χ1n) is 6.14. The van der Waals surface area contributed by atoms with Gasteiger partial charge >= 0.3 is 0 Å². The van der Waals surface area contributed by atoms with E-state index in [4.69, 9.17) is 0 Å². The zero-order chi connectivity index (χ0) is 13.0. The Bertz CT molecular complexity index is 467. The second-order valence-corrected chi connectivity index (χ2v) is 4.67. The summed E-state index contributed by atoms with van der Waals surface area (Å²) in [7, 11) is 3.98. The van der Waals surface area contributed by atoms with Gasteiger partial charge in [-0.25, -0.2) is 0 Å². The van der Waals surface area contributed by atoms with Gasteiger partial charge in [-0.2, -0.15) is 0 Å². The van der Waals surface area contributed by atoms with Crippen LogP contribution in [0.5, 0.6) is 0 Å². The molecule has 0 radical (unpaired) electrons. The Morgan fingerprint density at radius 3 is 1.67 bits per heavy atom. The van der Waals surface area contributed by atoms with E-state index in [1.54, 1.807) is 0 Å². The lowest BCUT2D eigenvalue weighted by molar-refractivity contribution is 0.0754. The normalized spacial score (nSPS) is 14.4. The number of rotatable bonds is 4. The third-order valence-electron chi connectivity index (χ3n) is 3.14. The van der Waals surface area contributed by atoms with Crippen molar-refractivity contribution in [1.82, 2.24) is 4.90 Å². The average molecular weight is 241 g/mol. The van der Waals surface area contributed by atoms with Gasteiger partial charge in [0.25, 0.3) is 0 Å². The fourth-order valence-electron chi connectivity index (χ4n) is 2.25.